The minimum absolute atomic E-state index is 0.287. The maximum atomic E-state index is 11.6. The third kappa shape index (κ3) is 4.88. The van der Waals surface area contributed by atoms with E-state index in [0.29, 0.717) is 5.56 Å². The molecule has 92 valence electrons. The van der Waals surface area contributed by atoms with Crippen LogP contribution in [0.2, 0.25) is 0 Å². The minimum atomic E-state index is -3.74. The van der Waals surface area contributed by atoms with E-state index in [2.05, 4.69) is 4.72 Å². The van der Waals surface area contributed by atoms with E-state index in [1.165, 1.54) is 6.92 Å². The molecular formula is C11H13NO4S. The van der Waals surface area contributed by atoms with E-state index in [0.717, 1.165) is 0 Å². The summed E-state index contributed by atoms with van der Waals surface area (Å²) in [6.45, 7) is 0.978. The van der Waals surface area contributed by atoms with Crippen molar-refractivity contribution in [1.82, 2.24) is 4.72 Å². The van der Waals surface area contributed by atoms with Gasteiger partial charge in [0.25, 0.3) is 0 Å². The first kappa shape index (κ1) is 13.5. The predicted octanol–water partition coefficient (Wildman–Crippen LogP) is 0.378. The fraction of sp³-hybridized carbons (Fsp3) is 0.273. The molecule has 0 aromatic heterocycles. The number of rotatable bonds is 6. The van der Waals surface area contributed by atoms with Crippen molar-refractivity contribution in [1.29, 1.82) is 0 Å². The molecule has 6 heteroatoms. The van der Waals surface area contributed by atoms with Gasteiger partial charge < -0.3 is 0 Å². The second-order valence-electron chi connectivity index (χ2n) is 3.57. The molecular weight excluding hydrogens is 242 g/mol. The van der Waals surface area contributed by atoms with E-state index < -0.39 is 21.6 Å². The van der Waals surface area contributed by atoms with Gasteiger partial charge in [0.1, 0.15) is 11.5 Å². The van der Waals surface area contributed by atoms with Gasteiger partial charge in [-0.2, -0.15) is 0 Å². The number of sulfonamides is 1. The normalized spacial score (nSPS) is 11.1. The van der Waals surface area contributed by atoms with E-state index in [9.17, 15) is 18.0 Å². The van der Waals surface area contributed by atoms with Gasteiger partial charge in [0.2, 0.25) is 10.0 Å². The lowest BCUT2D eigenvalue weighted by Gasteiger charge is -2.04. The molecule has 0 heterocycles. The van der Waals surface area contributed by atoms with Gasteiger partial charge in [0.05, 0.1) is 6.54 Å². The Morgan fingerprint density at radius 1 is 1.18 bits per heavy atom. The second-order valence-corrected chi connectivity index (χ2v) is 5.38. The van der Waals surface area contributed by atoms with E-state index in [4.69, 9.17) is 0 Å². The zero-order valence-corrected chi connectivity index (χ0v) is 10.2. The third-order valence-electron chi connectivity index (χ3n) is 1.96. The van der Waals surface area contributed by atoms with Crippen molar-refractivity contribution in [2.45, 2.75) is 6.92 Å². The van der Waals surface area contributed by atoms with Crippen molar-refractivity contribution in [3.05, 3.63) is 35.9 Å². The largest absolute Gasteiger partial charge is 0.299 e. The summed E-state index contributed by atoms with van der Waals surface area (Å²) in [5, 5.41) is 0. The molecule has 1 N–H and O–H groups in total. The first-order valence-corrected chi connectivity index (χ1v) is 6.61. The second kappa shape index (κ2) is 5.70. The smallest absolute Gasteiger partial charge is 0.219 e. The van der Waals surface area contributed by atoms with Crippen LogP contribution in [0.4, 0.5) is 0 Å². The molecule has 0 saturated carbocycles. The fourth-order valence-corrected chi connectivity index (χ4v) is 2.18. The summed E-state index contributed by atoms with van der Waals surface area (Å²) in [6, 6.07) is 8.14. The summed E-state index contributed by atoms with van der Waals surface area (Å²) in [6.07, 6.45) is 0. The summed E-state index contributed by atoms with van der Waals surface area (Å²) in [5.41, 5.74) is 0.334. The monoisotopic (exact) mass is 255 g/mol. The highest BCUT2D eigenvalue weighted by molar-refractivity contribution is 7.90. The number of carbonyl (C=O) groups excluding carboxylic acids is 2. The van der Waals surface area contributed by atoms with Gasteiger partial charge in [-0.15, -0.1) is 0 Å². The van der Waals surface area contributed by atoms with Crippen molar-refractivity contribution in [2.24, 2.45) is 0 Å². The van der Waals surface area contributed by atoms with Crippen molar-refractivity contribution < 1.29 is 18.0 Å². The molecule has 0 amide bonds. The van der Waals surface area contributed by atoms with Crippen LogP contribution >= 0.6 is 0 Å². The van der Waals surface area contributed by atoms with Crippen LogP contribution in [0.15, 0.2) is 30.3 Å². The van der Waals surface area contributed by atoms with Crippen LogP contribution < -0.4 is 4.72 Å². The molecule has 0 radical (unpaired) electrons. The van der Waals surface area contributed by atoms with E-state index in [-0.39, 0.29) is 12.3 Å². The molecule has 17 heavy (non-hydrogen) atoms. The number of nitrogens with one attached hydrogen (secondary N) is 1. The van der Waals surface area contributed by atoms with E-state index in [1.54, 1.807) is 30.3 Å². The first-order valence-electron chi connectivity index (χ1n) is 4.96. The number of ketones is 2. The Kier molecular flexibility index (Phi) is 4.53. The molecule has 1 rings (SSSR count). The molecule has 0 unspecified atom stereocenters. The third-order valence-corrected chi connectivity index (χ3v) is 3.18. The van der Waals surface area contributed by atoms with Crippen LogP contribution in [0.5, 0.6) is 0 Å². The highest BCUT2D eigenvalue weighted by Crippen LogP contribution is 2.01. The van der Waals surface area contributed by atoms with Crippen molar-refractivity contribution in [3.8, 4) is 0 Å². The van der Waals surface area contributed by atoms with Crippen LogP contribution in [-0.4, -0.2) is 32.3 Å². The average molecular weight is 255 g/mol. The van der Waals surface area contributed by atoms with Crippen molar-refractivity contribution >= 4 is 21.6 Å². The highest BCUT2D eigenvalue weighted by Gasteiger charge is 2.17. The topological polar surface area (TPSA) is 80.3 Å². The molecule has 0 aliphatic heterocycles. The molecule has 0 spiro atoms. The van der Waals surface area contributed by atoms with Gasteiger partial charge in [-0.05, 0) is 6.92 Å². The summed E-state index contributed by atoms with van der Waals surface area (Å²) < 4.78 is 24.9. The average Bonchev–Trinajstić information content (AvgIpc) is 2.27. The van der Waals surface area contributed by atoms with E-state index >= 15 is 0 Å². The number of hydrogen-bond acceptors (Lipinski definition) is 4. The summed E-state index contributed by atoms with van der Waals surface area (Å²) in [7, 11) is -3.74. The zero-order valence-electron chi connectivity index (χ0n) is 9.34. The van der Waals surface area contributed by atoms with Crippen LogP contribution in [0.25, 0.3) is 0 Å². The van der Waals surface area contributed by atoms with Gasteiger partial charge in [-0.1, -0.05) is 30.3 Å². The summed E-state index contributed by atoms with van der Waals surface area (Å²) >= 11 is 0. The van der Waals surface area contributed by atoms with Crippen molar-refractivity contribution in [3.63, 3.8) is 0 Å². The van der Waals surface area contributed by atoms with Gasteiger partial charge in [-0.25, -0.2) is 13.1 Å². The SMILES string of the molecule is CC(=O)CNS(=O)(=O)CC(=O)c1ccccc1. The standard InChI is InChI=1S/C11H13NO4S/c1-9(13)7-12-17(15,16)8-11(14)10-5-3-2-4-6-10/h2-6,12H,7-8H2,1H3. The van der Waals surface area contributed by atoms with Gasteiger partial charge in [-0.3, -0.25) is 9.59 Å². The molecule has 1 aromatic rings. The molecule has 0 fully saturated rings. The zero-order chi connectivity index (χ0) is 12.9. The molecule has 0 aliphatic carbocycles. The Morgan fingerprint density at radius 2 is 1.76 bits per heavy atom. The number of carbonyl (C=O) groups is 2. The fourth-order valence-electron chi connectivity index (χ4n) is 1.14. The lowest BCUT2D eigenvalue weighted by Crippen LogP contribution is -2.33. The minimum Gasteiger partial charge on any atom is -0.299 e. The Morgan fingerprint density at radius 3 is 2.29 bits per heavy atom. The first-order chi connectivity index (χ1) is 7.91. The van der Waals surface area contributed by atoms with Gasteiger partial charge in [0.15, 0.2) is 5.78 Å². The van der Waals surface area contributed by atoms with Gasteiger partial charge in [0, 0.05) is 5.56 Å². The maximum Gasteiger partial charge on any atom is 0.219 e. The Balaban J connectivity index is 2.66. The molecule has 1 aromatic carbocycles. The van der Waals surface area contributed by atoms with E-state index in [1.807, 2.05) is 0 Å². The van der Waals surface area contributed by atoms with Crippen LogP contribution in [0.3, 0.4) is 0 Å². The lowest BCUT2D eigenvalue weighted by molar-refractivity contribution is -0.115. The molecule has 5 nitrogen and oxygen atoms in total. The predicted molar refractivity (Wildman–Crippen MR) is 63.2 cm³/mol. The van der Waals surface area contributed by atoms with Crippen LogP contribution in [0.1, 0.15) is 17.3 Å². The Bertz CT molecular complexity index is 508. The molecule has 0 aliphatic rings. The maximum absolute atomic E-state index is 11.6. The summed E-state index contributed by atoms with van der Waals surface area (Å²) in [5.74, 6) is -1.45. The van der Waals surface area contributed by atoms with Crippen molar-refractivity contribution in [2.75, 3.05) is 12.3 Å². The number of benzene rings is 1. The molecule has 0 saturated heterocycles. The number of Topliss-reactive ketones (excluding diaryl/α,β-unsaturated/α-hetero) is 2. The van der Waals surface area contributed by atoms with Gasteiger partial charge >= 0.3 is 0 Å². The summed E-state index contributed by atoms with van der Waals surface area (Å²) in [4.78, 5) is 22.2. The van der Waals surface area contributed by atoms with Crippen LogP contribution in [-0.2, 0) is 14.8 Å². The molecule has 0 bridgehead atoms. The lowest BCUT2D eigenvalue weighted by atomic mass is 10.2. The van der Waals surface area contributed by atoms with Crippen LogP contribution in [0, 0.1) is 0 Å². The Labute approximate surface area is 99.9 Å². The quantitative estimate of drug-likeness (QED) is 0.745. The highest BCUT2D eigenvalue weighted by atomic mass is 32.2. The molecule has 0 atom stereocenters. The number of hydrogen-bond donors (Lipinski definition) is 1. The Hall–Kier alpha value is -1.53.